The third-order valence-electron chi connectivity index (χ3n) is 2.68. The summed E-state index contributed by atoms with van der Waals surface area (Å²) >= 11 is 0. The SMILES string of the molecule is CCC(C)(N)c1ncc(-c2ccoc2)[nH]1. The van der Waals surface area contributed by atoms with Crippen molar-refractivity contribution in [3.63, 3.8) is 0 Å². The highest BCUT2D eigenvalue weighted by Crippen LogP contribution is 2.22. The molecule has 2 aromatic rings. The molecule has 0 amide bonds. The Balaban J connectivity index is 2.33. The van der Waals surface area contributed by atoms with E-state index in [2.05, 4.69) is 9.97 Å². The summed E-state index contributed by atoms with van der Waals surface area (Å²) in [6.45, 7) is 4.00. The average molecular weight is 205 g/mol. The molecule has 15 heavy (non-hydrogen) atoms. The van der Waals surface area contributed by atoms with Crippen LogP contribution >= 0.6 is 0 Å². The van der Waals surface area contributed by atoms with E-state index in [1.807, 2.05) is 19.9 Å². The van der Waals surface area contributed by atoms with Crippen molar-refractivity contribution < 1.29 is 4.42 Å². The second kappa shape index (κ2) is 3.55. The predicted molar refractivity (Wildman–Crippen MR) is 58.1 cm³/mol. The van der Waals surface area contributed by atoms with Gasteiger partial charge in [0.2, 0.25) is 0 Å². The first-order chi connectivity index (χ1) is 7.13. The zero-order chi connectivity index (χ0) is 10.9. The normalized spacial score (nSPS) is 15.1. The van der Waals surface area contributed by atoms with Gasteiger partial charge in [-0.3, -0.25) is 0 Å². The largest absolute Gasteiger partial charge is 0.472 e. The van der Waals surface area contributed by atoms with E-state index in [0.717, 1.165) is 23.5 Å². The van der Waals surface area contributed by atoms with Crippen LogP contribution in [0.1, 0.15) is 26.1 Å². The number of aromatic amines is 1. The lowest BCUT2D eigenvalue weighted by atomic mass is 10.0. The lowest BCUT2D eigenvalue weighted by molar-refractivity contribution is 0.450. The third-order valence-corrected chi connectivity index (χ3v) is 2.68. The molecule has 0 spiro atoms. The van der Waals surface area contributed by atoms with Gasteiger partial charge in [-0.1, -0.05) is 6.92 Å². The van der Waals surface area contributed by atoms with Crippen molar-refractivity contribution in [1.29, 1.82) is 0 Å². The molecule has 1 unspecified atom stereocenters. The number of nitrogens with two attached hydrogens (primary N) is 1. The summed E-state index contributed by atoms with van der Waals surface area (Å²) in [5.41, 5.74) is 7.61. The molecule has 0 radical (unpaired) electrons. The van der Waals surface area contributed by atoms with Gasteiger partial charge >= 0.3 is 0 Å². The highest BCUT2D eigenvalue weighted by atomic mass is 16.3. The fourth-order valence-corrected chi connectivity index (χ4v) is 1.34. The third kappa shape index (κ3) is 1.80. The number of aromatic nitrogens is 2. The van der Waals surface area contributed by atoms with E-state index in [9.17, 15) is 0 Å². The molecule has 2 aromatic heterocycles. The quantitative estimate of drug-likeness (QED) is 0.807. The summed E-state index contributed by atoms with van der Waals surface area (Å²) in [4.78, 5) is 7.50. The zero-order valence-electron chi connectivity index (χ0n) is 8.95. The minimum atomic E-state index is -0.401. The molecule has 80 valence electrons. The van der Waals surface area contributed by atoms with Crippen LogP contribution in [-0.2, 0) is 5.54 Å². The number of H-pyrrole nitrogens is 1. The van der Waals surface area contributed by atoms with Crippen LogP contribution in [0.5, 0.6) is 0 Å². The van der Waals surface area contributed by atoms with E-state index < -0.39 is 5.54 Å². The van der Waals surface area contributed by atoms with Crippen molar-refractivity contribution in [3.8, 4) is 11.3 Å². The molecule has 4 heteroatoms. The fraction of sp³-hybridized carbons (Fsp3) is 0.364. The summed E-state index contributed by atoms with van der Waals surface area (Å²) in [6, 6.07) is 1.89. The number of hydrogen-bond acceptors (Lipinski definition) is 3. The van der Waals surface area contributed by atoms with Gasteiger partial charge in [-0.05, 0) is 19.4 Å². The van der Waals surface area contributed by atoms with E-state index in [-0.39, 0.29) is 0 Å². The Hall–Kier alpha value is -1.55. The van der Waals surface area contributed by atoms with Crippen LogP contribution in [-0.4, -0.2) is 9.97 Å². The highest BCUT2D eigenvalue weighted by Gasteiger charge is 2.22. The van der Waals surface area contributed by atoms with Crippen LogP contribution in [0.2, 0.25) is 0 Å². The van der Waals surface area contributed by atoms with E-state index >= 15 is 0 Å². The molecule has 0 aliphatic rings. The van der Waals surface area contributed by atoms with E-state index in [0.29, 0.717) is 0 Å². The minimum absolute atomic E-state index is 0.401. The van der Waals surface area contributed by atoms with Gasteiger partial charge < -0.3 is 15.1 Å². The van der Waals surface area contributed by atoms with E-state index in [1.54, 1.807) is 18.7 Å². The van der Waals surface area contributed by atoms with Crippen LogP contribution in [0.15, 0.2) is 29.2 Å². The van der Waals surface area contributed by atoms with Gasteiger partial charge in [0, 0.05) is 5.56 Å². The van der Waals surface area contributed by atoms with Crippen molar-refractivity contribution >= 4 is 0 Å². The van der Waals surface area contributed by atoms with Crippen LogP contribution in [0.4, 0.5) is 0 Å². The maximum atomic E-state index is 6.09. The summed E-state index contributed by atoms with van der Waals surface area (Å²) in [5, 5.41) is 0. The molecular formula is C11H15N3O. The molecule has 0 saturated carbocycles. The standard InChI is InChI=1S/C11H15N3O/c1-3-11(2,12)10-13-6-9(14-10)8-4-5-15-7-8/h4-7H,3,12H2,1-2H3,(H,13,14). The van der Waals surface area contributed by atoms with Crippen molar-refractivity contribution in [2.24, 2.45) is 5.73 Å². The predicted octanol–water partition coefficient (Wildman–Crippen LogP) is 2.25. The summed E-state index contributed by atoms with van der Waals surface area (Å²) in [5.74, 6) is 0.807. The molecular weight excluding hydrogens is 190 g/mol. The van der Waals surface area contributed by atoms with Gasteiger partial charge in [0.25, 0.3) is 0 Å². The van der Waals surface area contributed by atoms with E-state index in [1.165, 1.54) is 0 Å². The van der Waals surface area contributed by atoms with Crippen LogP contribution in [0.25, 0.3) is 11.3 Å². The fourth-order valence-electron chi connectivity index (χ4n) is 1.34. The Morgan fingerprint density at radius 3 is 3.00 bits per heavy atom. The Kier molecular flexibility index (Phi) is 2.36. The van der Waals surface area contributed by atoms with Crippen molar-refractivity contribution in [2.45, 2.75) is 25.8 Å². The minimum Gasteiger partial charge on any atom is -0.472 e. The molecule has 0 aliphatic heterocycles. The number of nitrogens with zero attached hydrogens (tertiary/aromatic N) is 1. The molecule has 0 bridgehead atoms. The van der Waals surface area contributed by atoms with Gasteiger partial charge in [-0.25, -0.2) is 4.98 Å². The first kappa shape index (κ1) is 9.98. The first-order valence-corrected chi connectivity index (χ1v) is 5.00. The number of imidazole rings is 1. The number of furan rings is 1. The Bertz CT molecular complexity index is 428. The molecule has 4 nitrogen and oxygen atoms in total. The second-order valence-corrected chi connectivity index (χ2v) is 3.93. The van der Waals surface area contributed by atoms with Gasteiger partial charge in [-0.2, -0.15) is 0 Å². The first-order valence-electron chi connectivity index (χ1n) is 5.00. The molecule has 3 N–H and O–H groups in total. The lowest BCUT2D eigenvalue weighted by Gasteiger charge is -2.19. The van der Waals surface area contributed by atoms with Crippen LogP contribution in [0.3, 0.4) is 0 Å². The Labute approximate surface area is 88.5 Å². The molecule has 0 fully saturated rings. The monoisotopic (exact) mass is 205 g/mol. The molecule has 0 aliphatic carbocycles. The van der Waals surface area contributed by atoms with Crippen molar-refractivity contribution in [3.05, 3.63) is 30.6 Å². The van der Waals surface area contributed by atoms with E-state index in [4.69, 9.17) is 10.2 Å². The number of rotatable bonds is 3. The molecule has 2 rings (SSSR count). The number of hydrogen-bond donors (Lipinski definition) is 2. The van der Waals surface area contributed by atoms with Crippen molar-refractivity contribution in [2.75, 3.05) is 0 Å². The smallest absolute Gasteiger partial charge is 0.126 e. The maximum absolute atomic E-state index is 6.09. The van der Waals surface area contributed by atoms with Crippen LogP contribution in [0, 0.1) is 0 Å². The summed E-state index contributed by atoms with van der Waals surface area (Å²) in [6.07, 6.45) is 5.93. The van der Waals surface area contributed by atoms with Crippen molar-refractivity contribution in [1.82, 2.24) is 9.97 Å². The van der Waals surface area contributed by atoms with Gasteiger partial charge in [0.15, 0.2) is 0 Å². The van der Waals surface area contributed by atoms with Crippen LogP contribution < -0.4 is 5.73 Å². The molecule has 1 atom stereocenters. The van der Waals surface area contributed by atoms with Gasteiger partial charge in [-0.15, -0.1) is 0 Å². The highest BCUT2D eigenvalue weighted by molar-refractivity contribution is 5.56. The number of nitrogens with one attached hydrogen (secondary N) is 1. The Morgan fingerprint density at radius 1 is 1.60 bits per heavy atom. The summed E-state index contributed by atoms with van der Waals surface area (Å²) < 4.78 is 5.01. The Morgan fingerprint density at radius 2 is 2.40 bits per heavy atom. The molecule has 0 saturated heterocycles. The maximum Gasteiger partial charge on any atom is 0.126 e. The lowest BCUT2D eigenvalue weighted by Crippen LogP contribution is -2.33. The second-order valence-electron chi connectivity index (χ2n) is 3.93. The zero-order valence-corrected chi connectivity index (χ0v) is 8.95. The van der Waals surface area contributed by atoms with Gasteiger partial charge in [0.05, 0.1) is 30.0 Å². The average Bonchev–Trinajstić information content (AvgIpc) is 2.88. The molecule has 2 heterocycles. The topological polar surface area (TPSA) is 67.8 Å². The summed E-state index contributed by atoms with van der Waals surface area (Å²) in [7, 11) is 0. The van der Waals surface area contributed by atoms with Gasteiger partial charge in [0.1, 0.15) is 5.82 Å². The molecule has 0 aromatic carbocycles.